The van der Waals surface area contributed by atoms with Gasteiger partial charge in [-0.15, -0.1) is 0 Å². The molecule has 0 bridgehead atoms. The van der Waals surface area contributed by atoms with Gasteiger partial charge in [0.1, 0.15) is 6.61 Å². The van der Waals surface area contributed by atoms with E-state index in [1.165, 1.54) is 0 Å². The molecule has 27 heavy (non-hydrogen) atoms. The van der Waals surface area contributed by atoms with Gasteiger partial charge < -0.3 is 19.1 Å². The van der Waals surface area contributed by atoms with Gasteiger partial charge in [-0.1, -0.05) is 6.58 Å². The number of amides is 1. The highest BCUT2D eigenvalue weighted by molar-refractivity contribution is 7.86. The standard InChI is InChI=1S/C12H14F5NO8S/c1-2-8(19)26-11(12(15,16)17,9(20)18-3-5-24-6-4-18)25-7-10(13,14)27(21,22)23/h2H,1,3-7H2,(H,21,22,23). The van der Waals surface area contributed by atoms with Crippen LogP contribution >= 0.6 is 0 Å². The van der Waals surface area contributed by atoms with Crippen LogP contribution in [0.4, 0.5) is 22.0 Å². The summed E-state index contributed by atoms with van der Waals surface area (Å²) in [6, 6.07) is 0. The number of hydrogen-bond donors (Lipinski definition) is 1. The SMILES string of the molecule is C=CC(=O)OC(OCC(F)(F)S(=O)(=O)O)(C(=O)N1CCOCC1)C(F)(F)F. The number of carbonyl (C=O) groups is 2. The summed E-state index contributed by atoms with van der Waals surface area (Å²) in [5.41, 5.74) is 0. The van der Waals surface area contributed by atoms with E-state index in [9.17, 15) is 40.0 Å². The van der Waals surface area contributed by atoms with E-state index in [0.717, 1.165) is 0 Å². The number of alkyl halides is 5. The predicted octanol–water partition coefficient (Wildman–Crippen LogP) is 0.330. The first-order valence-electron chi connectivity index (χ1n) is 6.96. The summed E-state index contributed by atoms with van der Waals surface area (Å²) in [4.78, 5) is 24.1. The van der Waals surface area contributed by atoms with Gasteiger partial charge in [-0.2, -0.15) is 30.4 Å². The first kappa shape index (κ1) is 23.2. The monoisotopic (exact) mass is 427 g/mol. The van der Waals surface area contributed by atoms with Crippen LogP contribution < -0.4 is 0 Å². The third-order valence-electron chi connectivity index (χ3n) is 3.18. The summed E-state index contributed by atoms with van der Waals surface area (Å²) in [5, 5.41) is -5.23. The molecule has 156 valence electrons. The summed E-state index contributed by atoms with van der Waals surface area (Å²) < 4.78 is 110. The van der Waals surface area contributed by atoms with E-state index in [0.29, 0.717) is 4.90 Å². The number of carbonyl (C=O) groups excluding carboxylic acids is 2. The summed E-state index contributed by atoms with van der Waals surface area (Å²) in [7, 11) is -6.19. The minimum absolute atomic E-state index is 0.198. The van der Waals surface area contributed by atoms with Gasteiger partial charge in [0.05, 0.1) is 13.2 Å². The summed E-state index contributed by atoms with van der Waals surface area (Å²) >= 11 is 0. The molecule has 0 aliphatic carbocycles. The van der Waals surface area contributed by atoms with E-state index >= 15 is 0 Å². The highest BCUT2D eigenvalue weighted by Crippen LogP contribution is 2.39. The van der Waals surface area contributed by atoms with Crippen molar-refractivity contribution < 1.29 is 58.7 Å². The molecule has 0 aromatic heterocycles. The maximum absolute atomic E-state index is 13.6. The Labute approximate surface area is 149 Å². The van der Waals surface area contributed by atoms with E-state index in [1.54, 1.807) is 0 Å². The highest BCUT2D eigenvalue weighted by atomic mass is 32.2. The second-order valence-electron chi connectivity index (χ2n) is 5.05. The van der Waals surface area contributed by atoms with Crippen molar-refractivity contribution in [2.24, 2.45) is 0 Å². The fourth-order valence-corrected chi connectivity index (χ4v) is 2.02. The Morgan fingerprint density at radius 3 is 2.11 bits per heavy atom. The van der Waals surface area contributed by atoms with Crippen LogP contribution in [0.5, 0.6) is 0 Å². The lowest BCUT2D eigenvalue weighted by molar-refractivity contribution is -0.356. The second-order valence-corrected chi connectivity index (χ2v) is 6.59. The van der Waals surface area contributed by atoms with Gasteiger partial charge in [-0.3, -0.25) is 9.35 Å². The van der Waals surface area contributed by atoms with Gasteiger partial charge in [0.25, 0.3) is 0 Å². The smallest absolute Gasteiger partial charge is 0.412 e. The Kier molecular flexibility index (Phi) is 6.90. The van der Waals surface area contributed by atoms with Gasteiger partial charge in [0, 0.05) is 19.2 Å². The number of hydrogen-bond acceptors (Lipinski definition) is 7. The van der Waals surface area contributed by atoms with Crippen molar-refractivity contribution in [3.63, 3.8) is 0 Å². The van der Waals surface area contributed by atoms with Crippen molar-refractivity contribution in [3.05, 3.63) is 12.7 Å². The van der Waals surface area contributed by atoms with Crippen LogP contribution in [0.3, 0.4) is 0 Å². The van der Waals surface area contributed by atoms with Gasteiger partial charge in [0.2, 0.25) is 0 Å². The van der Waals surface area contributed by atoms with Crippen molar-refractivity contribution in [2.75, 3.05) is 32.9 Å². The van der Waals surface area contributed by atoms with Gasteiger partial charge in [-0.25, -0.2) is 4.79 Å². The number of ether oxygens (including phenoxy) is 3. The number of esters is 1. The summed E-state index contributed by atoms with van der Waals surface area (Å²) in [5.74, 6) is -8.53. The van der Waals surface area contributed by atoms with Crippen molar-refractivity contribution in [3.8, 4) is 0 Å². The Bertz CT molecular complexity index is 688. The molecule has 1 heterocycles. The Morgan fingerprint density at radius 2 is 1.70 bits per heavy atom. The van der Waals surface area contributed by atoms with Gasteiger partial charge in [0.15, 0.2) is 0 Å². The van der Waals surface area contributed by atoms with Crippen molar-refractivity contribution in [1.82, 2.24) is 4.90 Å². The average Bonchev–Trinajstić information content (AvgIpc) is 2.56. The van der Waals surface area contributed by atoms with Crippen LogP contribution in [-0.4, -0.2) is 79.9 Å². The molecule has 0 radical (unpaired) electrons. The van der Waals surface area contributed by atoms with Gasteiger partial charge in [-0.05, 0) is 0 Å². The quantitative estimate of drug-likeness (QED) is 0.203. The lowest BCUT2D eigenvalue weighted by Crippen LogP contribution is -2.64. The van der Waals surface area contributed by atoms with Crippen molar-refractivity contribution in [2.45, 2.75) is 17.2 Å². The Morgan fingerprint density at radius 1 is 1.19 bits per heavy atom. The molecule has 1 saturated heterocycles. The largest absolute Gasteiger partial charge is 0.466 e. The molecule has 1 N–H and O–H groups in total. The fourth-order valence-electron chi connectivity index (χ4n) is 1.81. The molecule has 15 heteroatoms. The van der Waals surface area contributed by atoms with E-state index in [2.05, 4.69) is 16.1 Å². The van der Waals surface area contributed by atoms with Crippen molar-refractivity contribution in [1.29, 1.82) is 0 Å². The fraction of sp³-hybridized carbons (Fsp3) is 0.667. The molecule has 1 fully saturated rings. The molecule has 0 spiro atoms. The molecule has 0 aromatic rings. The second kappa shape index (κ2) is 8.04. The van der Waals surface area contributed by atoms with E-state index in [1.807, 2.05) is 0 Å². The van der Waals surface area contributed by atoms with Gasteiger partial charge >= 0.3 is 39.2 Å². The molecule has 0 saturated carbocycles. The van der Waals surface area contributed by atoms with Crippen LogP contribution in [0.15, 0.2) is 12.7 Å². The molecule has 1 amide bonds. The summed E-state index contributed by atoms with van der Waals surface area (Å²) in [6.45, 7) is -1.04. The zero-order valence-electron chi connectivity index (χ0n) is 13.4. The topological polar surface area (TPSA) is 119 Å². The normalized spacial score (nSPS) is 18.5. The lowest BCUT2D eigenvalue weighted by atomic mass is 10.2. The number of rotatable bonds is 7. The molecular weight excluding hydrogens is 413 g/mol. The molecule has 1 unspecified atom stereocenters. The maximum atomic E-state index is 13.6. The minimum Gasteiger partial charge on any atom is -0.412 e. The van der Waals surface area contributed by atoms with Crippen molar-refractivity contribution >= 4 is 22.0 Å². The highest BCUT2D eigenvalue weighted by Gasteiger charge is 2.68. The minimum atomic E-state index is -6.19. The van der Waals surface area contributed by atoms with Crippen LogP contribution in [0.1, 0.15) is 0 Å². The molecule has 1 aliphatic heterocycles. The van der Waals surface area contributed by atoms with Crippen LogP contribution in [-0.2, 0) is 33.9 Å². The first-order chi connectivity index (χ1) is 12.2. The Hall–Kier alpha value is -1.84. The molecule has 0 aromatic carbocycles. The Balaban J connectivity index is 3.36. The van der Waals surface area contributed by atoms with E-state index in [-0.39, 0.29) is 19.3 Å². The van der Waals surface area contributed by atoms with Crippen LogP contribution in [0, 0.1) is 0 Å². The van der Waals surface area contributed by atoms with E-state index in [4.69, 9.17) is 9.29 Å². The molecule has 9 nitrogen and oxygen atoms in total. The molecule has 1 rings (SSSR count). The third kappa shape index (κ3) is 5.12. The maximum Gasteiger partial charge on any atom is 0.466 e. The summed E-state index contributed by atoms with van der Waals surface area (Å²) in [6.07, 6.45) is -5.69. The molecule has 1 aliphatic rings. The van der Waals surface area contributed by atoms with Crippen LogP contribution in [0.2, 0.25) is 0 Å². The average molecular weight is 427 g/mol. The predicted molar refractivity (Wildman–Crippen MR) is 74.9 cm³/mol. The first-order valence-corrected chi connectivity index (χ1v) is 8.40. The zero-order valence-corrected chi connectivity index (χ0v) is 14.2. The molecular formula is C12H14F5NO8S. The lowest BCUT2D eigenvalue weighted by Gasteiger charge is -2.38. The molecule has 1 atom stereocenters. The number of nitrogens with zero attached hydrogens (tertiary/aromatic N) is 1. The van der Waals surface area contributed by atoms with E-state index < -0.39 is 58.9 Å². The van der Waals surface area contributed by atoms with Crippen LogP contribution in [0.25, 0.3) is 0 Å². The number of morpholine rings is 1. The third-order valence-corrected chi connectivity index (χ3v) is 4.06. The zero-order chi connectivity index (χ0) is 21.1. The number of halogens is 5.